The number of benzene rings is 3. The van der Waals surface area contributed by atoms with E-state index in [1.165, 1.54) is 16.6 Å². The van der Waals surface area contributed by atoms with Crippen LogP contribution in [-0.2, 0) is 6.42 Å². The van der Waals surface area contributed by atoms with Crippen molar-refractivity contribution in [3.05, 3.63) is 102 Å². The molecule has 1 aliphatic heterocycles. The lowest BCUT2D eigenvalue weighted by molar-refractivity contribution is 0.102. The smallest absolute Gasteiger partial charge is 0.255 e. The molecule has 1 aromatic heterocycles. The Balaban J connectivity index is 0.00000180. The normalized spacial score (nSPS) is 13.5. The van der Waals surface area contributed by atoms with Gasteiger partial charge in [-0.05, 0) is 67.4 Å². The van der Waals surface area contributed by atoms with Crippen LogP contribution >= 0.6 is 24.8 Å². The number of amides is 1. The molecule has 1 aliphatic rings. The van der Waals surface area contributed by atoms with Gasteiger partial charge in [0.15, 0.2) is 0 Å². The molecule has 2 heterocycles. The highest BCUT2D eigenvalue weighted by Crippen LogP contribution is 2.27. The number of carbonyl (C=O) groups excluding carboxylic acids is 1. The molecule has 0 unspecified atom stereocenters. The summed E-state index contributed by atoms with van der Waals surface area (Å²) >= 11 is 0. The Morgan fingerprint density at radius 1 is 0.861 bits per heavy atom. The van der Waals surface area contributed by atoms with Crippen molar-refractivity contribution in [2.45, 2.75) is 13.3 Å². The molecule has 5 nitrogen and oxygen atoms in total. The third-order valence-corrected chi connectivity index (χ3v) is 6.50. The van der Waals surface area contributed by atoms with Gasteiger partial charge in [0.2, 0.25) is 0 Å². The number of hydrogen-bond acceptors (Lipinski definition) is 4. The minimum Gasteiger partial charge on any atom is -0.368 e. The summed E-state index contributed by atoms with van der Waals surface area (Å²) in [6.07, 6.45) is 0.965. The number of aromatic nitrogens is 1. The lowest BCUT2D eigenvalue weighted by Gasteiger charge is -2.36. The molecule has 5 rings (SSSR count). The van der Waals surface area contributed by atoms with Gasteiger partial charge in [0.25, 0.3) is 5.91 Å². The number of fused-ring (bicyclic) bond motifs is 1. The van der Waals surface area contributed by atoms with Crippen LogP contribution in [0.5, 0.6) is 0 Å². The van der Waals surface area contributed by atoms with Crippen molar-refractivity contribution in [3.8, 4) is 0 Å². The van der Waals surface area contributed by atoms with Crippen LogP contribution in [0.2, 0.25) is 0 Å². The van der Waals surface area contributed by atoms with E-state index in [2.05, 4.69) is 62.6 Å². The van der Waals surface area contributed by atoms with Crippen molar-refractivity contribution in [1.82, 2.24) is 9.88 Å². The van der Waals surface area contributed by atoms with E-state index in [1.54, 1.807) is 0 Å². The van der Waals surface area contributed by atoms with Crippen LogP contribution in [0.25, 0.3) is 10.9 Å². The summed E-state index contributed by atoms with van der Waals surface area (Å²) < 4.78 is 0. The van der Waals surface area contributed by atoms with Gasteiger partial charge in [-0.3, -0.25) is 14.7 Å². The maximum Gasteiger partial charge on any atom is 0.255 e. The summed E-state index contributed by atoms with van der Waals surface area (Å²) in [6.45, 7) is 7.17. The molecule has 0 spiro atoms. The fraction of sp³-hybridized carbons (Fsp3) is 0.241. The van der Waals surface area contributed by atoms with Crippen LogP contribution in [0, 0.1) is 6.92 Å². The number of halogens is 2. The van der Waals surface area contributed by atoms with Crippen LogP contribution in [-0.4, -0.2) is 48.5 Å². The SMILES string of the molecule is Cc1ccc2c(N3CCN(CCc4cccc(NC(=O)c5ccccc5)c4)CC3)cccc2n1.Cl.Cl. The maximum absolute atomic E-state index is 12.4. The molecule has 188 valence electrons. The second kappa shape index (κ2) is 12.7. The van der Waals surface area contributed by atoms with Gasteiger partial charge in [0.1, 0.15) is 0 Å². The highest BCUT2D eigenvalue weighted by Gasteiger charge is 2.19. The number of nitrogens with one attached hydrogen (secondary N) is 1. The first-order valence-corrected chi connectivity index (χ1v) is 11.9. The highest BCUT2D eigenvalue weighted by atomic mass is 35.5. The molecule has 1 amide bonds. The van der Waals surface area contributed by atoms with Gasteiger partial charge in [-0.1, -0.05) is 36.4 Å². The molecule has 3 aromatic carbocycles. The zero-order valence-electron chi connectivity index (χ0n) is 20.4. The Hall–Kier alpha value is -3.12. The van der Waals surface area contributed by atoms with Crippen molar-refractivity contribution >= 4 is 53.0 Å². The van der Waals surface area contributed by atoms with Crippen molar-refractivity contribution in [2.75, 3.05) is 42.9 Å². The molecule has 1 fully saturated rings. The van der Waals surface area contributed by atoms with Crippen LogP contribution < -0.4 is 10.2 Å². The standard InChI is InChI=1S/C29H30N4O.2ClH/c1-22-13-14-26-27(30-22)11-6-12-28(26)33-19-17-32(18-20-33)16-15-23-7-5-10-25(21-23)31-29(34)24-8-3-2-4-9-24;;/h2-14,21H,15-20H2,1H3,(H,31,34);2*1H. The van der Waals surface area contributed by atoms with E-state index >= 15 is 0 Å². The Kier molecular flexibility index (Phi) is 9.71. The molecule has 0 radical (unpaired) electrons. The topological polar surface area (TPSA) is 48.5 Å². The van der Waals surface area contributed by atoms with Crippen LogP contribution in [0.3, 0.4) is 0 Å². The summed E-state index contributed by atoms with van der Waals surface area (Å²) in [5, 5.41) is 4.25. The fourth-order valence-electron chi connectivity index (χ4n) is 4.61. The second-order valence-corrected chi connectivity index (χ2v) is 8.90. The molecule has 0 saturated carbocycles. The molecule has 0 aliphatic carbocycles. The molecular formula is C29H32Cl2N4O. The Labute approximate surface area is 225 Å². The Morgan fingerprint density at radius 3 is 2.39 bits per heavy atom. The third kappa shape index (κ3) is 6.55. The van der Waals surface area contributed by atoms with Crippen LogP contribution in [0.15, 0.2) is 84.9 Å². The predicted octanol–water partition coefficient (Wildman–Crippen LogP) is 6.00. The van der Waals surface area contributed by atoms with E-state index in [1.807, 2.05) is 49.4 Å². The van der Waals surface area contributed by atoms with Crippen molar-refractivity contribution in [3.63, 3.8) is 0 Å². The van der Waals surface area contributed by atoms with Gasteiger partial charge >= 0.3 is 0 Å². The number of anilines is 2. The molecule has 0 atom stereocenters. The van der Waals surface area contributed by atoms with Crippen molar-refractivity contribution < 1.29 is 4.79 Å². The zero-order valence-corrected chi connectivity index (χ0v) is 22.0. The van der Waals surface area contributed by atoms with Gasteiger partial charge in [0, 0.05) is 60.7 Å². The zero-order chi connectivity index (χ0) is 23.3. The number of carbonyl (C=O) groups is 1. The quantitative estimate of drug-likeness (QED) is 0.337. The number of pyridine rings is 1. The first-order chi connectivity index (χ1) is 16.7. The fourth-order valence-corrected chi connectivity index (χ4v) is 4.61. The average Bonchev–Trinajstić information content (AvgIpc) is 2.88. The summed E-state index contributed by atoms with van der Waals surface area (Å²) in [7, 11) is 0. The lowest BCUT2D eigenvalue weighted by atomic mass is 10.1. The molecular weight excluding hydrogens is 491 g/mol. The van der Waals surface area contributed by atoms with Gasteiger partial charge < -0.3 is 10.2 Å². The van der Waals surface area contributed by atoms with Gasteiger partial charge in [-0.15, -0.1) is 24.8 Å². The van der Waals surface area contributed by atoms with E-state index < -0.39 is 0 Å². The summed E-state index contributed by atoms with van der Waals surface area (Å²) in [5.41, 5.74) is 6.16. The van der Waals surface area contributed by atoms with E-state index in [9.17, 15) is 4.79 Å². The average molecular weight is 524 g/mol. The molecule has 1 N–H and O–H groups in total. The Morgan fingerprint density at radius 2 is 1.61 bits per heavy atom. The third-order valence-electron chi connectivity index (χ3n) is 6.50. The number of rotatable bonds is 6. The van der Waals surface area contributed by atoms with Crippen LogP contribution in [0.1, 0.15) is 21.6 Å². The monoisotopic (exact) mass is 522 g/mol. The molecule has 7 heteroatoms. The Bertz CT molecular complexity index is 1290. The van der Waals surface area contributed by atoms with Crippen LogP contribution in [0.4, 0.5) is 11.4 Å². The maximum atomic E-state index is 12.4. The first kappa shape index (κ1) is 27.5. The molecule has 1 saturated heterocycles. The predicted molar refractivity (Wildman–Crippen MR) is 154 cm³/mol. The van der Waals surface area contributed by atoms with Crippen molar-refractivity contribution in [1.29, 1.82) is 0 Å². The van der Waals surface area contributed by atoms with E-state index in [0.29, 0.717) is 5.56 Å². The summed E-state index contributed by atoms with van der Waals surface area (Å²) in [5.74, 6) is -0.0762. The molecule has 0 bridgehead atoms. The minimum atomic E-state index is -0.0762. The highest BCUT2D eigenvalue weighted by molar-refractivity contribution is 6.04. The van der Waals surface area contributed by atoms with E-state index in [0.717, 1.165) is 56.0 Å². The second-order valence-electron chi connectivity index (χ2n) is 8.90. The molecule has 4 aromatic rings. The summed E-state index contributed by atoms with van der Waals surface area (Å²) in [4.78, 5) is 22.1. The largest absolute Gasteiger partial charge is 0.368 e. The van der Waals surface area contributed by atoms with Gasteiger partial charge in [0.05, 0.1) is 5.52 Å². The van der Waals surface area contributed by atoms with Crippen molar-refractivity contribution in [2.24, 2.45) is 0 Å². The van der Waals surface area contributed by atoms with E-state index in [4.69, 9.17) is 0 Å². The van der Waals surface area contributed by atoms with Gasteiger partial charge in [-0.2, -0.15) is 0 Å². The summed E-state index contributed by atoms with van der Waals surface area (Å²) in [6, 6.07) is 28.2. The van der Waals surface area contributed by atoms with Gasteiger partial charge in [-0.25, -0.2) is 0 Å². The number of piperazine rings is 1. The number of nitrogens with zero attached hydrogens (tertiary/aromatic N) is 3. The molecule has 36 heavy (non-hydrogen) atoms. The number of aryl methyl sites for hydroxylation is 1. The minimum absolute atomic E-state index is 0. The number of hydrogen-bond donors (Lipinski definition) is 1. The first-order valence-electron chi connectivity index (χ1n) is 11.9. The van der Waals surface area contributed by atoms with E-state index in [-0.39, 0.29) is 30.7 Å². The lowest BCUT2D eigenvalue weighted by Crippen LogP contribution is -2.47.